The lowest BCUT2D eigenvalue weighted by Gasteiger charge is -2.13. The van der Waals surface area contributed by atoms with Crippen molar-refractivity contribution in [2.75, 3.05) is 18.5 Å². The van der Waals surface area contributed by atoms with Crippen LogP contribution in [-0.4, -0.2) is 18.1 Å². The van der Waals surface area contributed by atoms with Gasteiger partial charge in [-0.2, -0.15) is 0 Å². The van der Waals surface area contributed by atoms with E-state index in [-0.39, 0.29) is 0 Å². The fourth-order valence-corrected chi connectivity index (χ4v) is 2.35. The molecule has 0 bridgehead atoms. The molecule has 3 rings (SSSR count). The first-order valence-electron chi connectivity index (χ1n) is 5.90. The lowest BCUT2D eigenvalue weighted by Crippen LogP contribution is -2.10. The van der Waals surface area contributed by atoms with E-state index in [2.05, 4.69) is 22.4 Å². The number of aromatic amines is 1. The van der Waals surface area contributed by atoms with Crippen LogP contribution in [0.2, 0.25) is 0 Å². The first-order valence-corrected chi connectivity index (χ1v) is 5.90. The Morgan fingerprint density at radius 1 is 1.38 bits per heavy atom. The molecule has 3 heteroatoms. The number of nitrogens with one attached hydrogen (secondary N) is 2. The van der Waals surface area contributed by atoms with E-state index in [1.165, 1.54) is 28.7 Å². The van der Waals surface area contributed by atoms with Crippen molar-refractivity contribution in [3.8, 4) is 5.75 Å². The van der Waals surface area contributed by atoms with Crippen LogP contribution in [0.15, 0.2) is 18.2 Å². The van der Waals surface area contributed by atoms with Crippen LogP contribution in [0.1, 0.15) is 19.0 Å². The zero-order valence-corrected chi connectivity index (χ0v) is 9.47. The van der Waals surface area contributed by atoms with E-state index in [4.69, 9.17) is 4.74 Å². The summed E-state index contributed by atoms with van der Waals surface area (Å²) in [5.41, 5.74) is 3.79. The van der Waals surface area contributed by atoms with Gasteiger partial charge in [-0.3, -0.25) is 0 Å². The van der Waals surface area contributed by atoms with Crippen molar-refractivity contribution >= 4 is 16.6 Å². The molecule has 0 spiro atoms. The number of anilines is 1. The Labute approximate surface area is 94.8 Å². The summed E-state index contributed by atoms with van der Waals surface area (Å²) in [7, 11) is 0. The summed E-state index contributed by atoms with van der Waals surface area (Å²) in [5, 5.41) is 4.72. The lowest BCUT2D eigenvalue weighted by atomic mass is 10.1. The summed E-state index contributed by atoms with van der Waals surface area (Å²) in [6.45, 7) is 3.79. The van der Waals surface area contributed by atoms with Crippen LogP contribution in [0.5, 0.6) is 5.75 Å². The van der Waals surface area contributed by atoms with Crippen LogP contribution < -0.4 is 10.1 Å². The molecule has 0 saturated carbocycles. The van der Waals surface area contributed by atoms with Crippen molar-refractivity contribution in [2.45, 2.75) is 19.8 Å². The van der Waals surface area contributed by atoms with Crippen LogP contribution in [0.3, 0.4) is 0 Å². The van der Waals surface area contributed by atoms with Crippen molar-refractivity contribution in [2.24, 2.45) is 0 Å². The molecule has 2 N–H and O–H groups in total. The number of aryl methyl sites for hydroxylation is 1. The fourth-order valence-electron chi connectivity index (χ4n) is 2.35. The molecule has 1 aliphatic rings. The van der Waals surface area contributed by atoms with Crippen LogP contribution in [0.4, 0.5) is 5.69 Å². The van der Waals surface area contributed by atoms with E-state index in [1.807, 2.05) is 13.0 Å². The molecule has 0 fully saturated rings. The third kappa shape index (κ3) is 1.43. The van der Waals surface area contributed by atoms with Crippen LogP contribution in [-0.2, 0) is 6.42 Å². The third-order valence-corrected chi connectivity index (χ3v) is 3.06. The zero-order chi connectivity index (χ0) is 11.0. The summed E-state index contributed by atoms with van der Waals surface area (Å²) in [6.07, 6.45) is 2.35. The number of ether oxygens (including phenoxy) is 1. The second kappa shape index (κ2) is 3.74. The number of aromatic nitrogens is 1. The van der Waals surface area contributed by atoms with Gasteiger partial charge >= 0.3 is 0 Å². The minimum Gasteiger partial charge on any atom is -0.494 e. The van der Waals surface area contributed by atoms with Gasteiger partial charge in [-0.05, 0) is 38.0 Å². The predicted octanol–water partition coefficient (Wildman–Crippen LogP) is 2.92. The van der Waals surface area contributed by atoms with Crippen molar-refractivity contribution < 1.29 is 4.74 Å². The smallest absolute Gasteiger partial charge is 0.120 e. The number of fused-ring (bicyclic) bond motifs is 3. The van der Waals surface area contributed by atoms with Gasteiger partial charge in [-0.25, -0.2) is 0 Å². The largest absolute Gasteiger partial charge is 0.494 e. The van der Waals surface area contributed by atoms with E-state index >= 15 is 0 Å². The van der Waals surface area contributed by atoms with E-state index in [9.17, 15) is 0 Å². The van der Waals surface area contributed by atoms with Crippen molar-refractivity contribution in [3.63, 3.8) is 0 Å². The number of hydrogen-bond donors (Lipinski definition) is 2. The topological polar surface area (TPSA) is 37.0 Å². The average Bonchev–Trinajstić information content (AvgIpc) is 2.68. The highest BCUT2D eigenvalue weighted by Crippen LogP contribution is 2.33. The second-order valence-electron chi connectivity index (χ2n) is 4.15. The van der Waals surface area contributed by atoms with Crippen molar-refractivity contribution in [1.29, 1.82) is 0 Å². The lowest BCUT2D eigenvalue weighted by molar-refractivity contribution is 0.341. The first kappa shape index (κ1) is 9.58. The van der Waals surface area contributed by atoms with Gasteiger partial charge < -0.3 is 15.0 Å². The van der Waals surface area contributed by atoms with Gasteiger partial charge in [-0.1, -0.05) is 0 Å². The molecule has 0 amide bonds. The molecule has 0 atom stereocenters. The van der Waals surface area contributed by atoms with Gasteiger partial charge in [0.1, 0.15) is 5.75 Å². The zero-order valence-electron chi connectivity index (χ0n) is 9.47. The molecule has 16 heavy (non-hydrogen) atoms. The molecule has 2 heterocycles. The second-order valence-corrected chi connectivity index (χ2v) is 4.15. The normalized spacial score (nSPS) is 14.6. The molecule has 0 unspecified atom stereocenters. The molecule has 3 nitrogen and oxygen atoms in total. The van der Waals surface area contributed by atoms with E-state index in [0.29, 0.717) is 6.61 Å². The number of rotatable bonds is 2. The van der Waals surface area contributed by atoms with Gasteiger partial charge in [0.15, 0.2) is 0 Å². The molecular weight excluding hydrogens is 200 g/mol. The summed E-state index contributed by atoms with van der Waals surface area (Å²) in [4.78, 5) is 3.47. The Balaban J connectivity index is 2.13. The molecule has 1 aromatic carbocycles. The molecule has 0 saturated heterocycles. The van der Waals surface area contributed by atoms with E-state index in [0.717, 1.165) is 18.7 Å². The van der Waals surface area contributed by atoms with Gasteiger partial charge in [0, 0.05) is 23.1 Å². The number of hydrogen-bond acceptors (Lipinski definition) is 2. The van der Waals surface area contributed by atoms with Crippen molar-refractivity contribution in [1.82, 2.24) is 4.98 Å². The standard InChI is InChI=1S/C13H16N2O/c1-2-16-9-5-6-11-10(8-9)13-12(15-11)4-3-7-14-13/h5-6,8,14-15H,2-4,7H2,1H3. The first-order chi connectivity index (χ1) is 7.88. The molecule has 1 aromatic heterocycles. The van der Waals surface area contributed by atoms with E-state index < -0.39 is 0 Å². The molecule has 84 valence electrons. The average molecular weight is 216 g/mol. The Morgan fingerprint density at radius 2 is 2.31 bits per heavy atom. The minimum atomic E-state index is 0.714. The SMILES string of the molecule is CCOc1ccc2[nH]c3c(c2c1)NCCC3. The molecule has 0 aliphatic carbocycles. The Bertz CT molecular complexity index is 516. The molecule has 2 aromatic rings. The Hall–Kier alpha value is -1.64. The maximum atomic E-state index is 5.53. The number of benzene rings is 1. The highest BCUT2D eigenvalue weighted by atomic mass is 16.5. The summed E-state index contributed by atoms with van der Waals surface area (Å²) in [6, 6.07) is 6.24. The fraction of sp³-hybridized carbons (Fsp3) is 0.385. The van der Waals surface area contributed by atoms with Crippen LogP contribution in [0, 0.1) is 0 Å². The summed E-state index contributed by atoms with van der Waals surface area (Å²) >= 11 is 0. The van der Waals surface area contributed by atoms with Gasteiger partial charge in [-0.15, -0.1) is 0 Å². The maximum Gasteiger partial charge on any atom is 0.120 e. The van der Waals surface area contributed by atoms with Crippen LogP contribution in [0.25, 0.3) is 10.9 Å². The molecule has 0 radical (unpaired) electrons. The van der Waals surface area contributed by atoms with Crippen LogP contribution >= 0.6 is 0 Å². The molecule has 1 aliphatic heterocycles. The minimum absolute atomic E-state index is 0.714. The predicted molar refractivity (Wildman–Crippen MR) is 66.3 cm³/mol. The summed E-state index contributed by atoms with van der Waals surface area (Å²) in [5.74, 6) is 0.948. The number of H-pyrrole nitrogens is 1. The third-order valence-electron chi connectivity index (χ3n) is 3.06. The quantitative estimate of drug-likeness (QED) is 0.809. The highest BCUT2D eigenvalue weighted by Gasteiger charge is 2.14. The molecular formula is C13H16N2O. The highest BCUT2D eigenvalue weighted by molar-refractivity contribution is 5.95. The Kier molecular flexibility index (Phi) is 2.24. The summed E-state index contributed by atoms with van der Waals surface area (Å²) < 4.78 is 5.53. The van der Waals surface area contributed by atoms with Gasteiger partial charge in [0.05, 0.1) is 12.3 Å². The monoisotopic (exact) mass is 216 g/mol. The van der Waals surface area contributed by atoms with Gasteiger partial charge in [0.25, 0.3) is 0 Å². The Morgan fingerprint density at radius 3 is 3.19 bits per heavy atom. The van der Waals surface area contributed by atoms with Crippen molar-refractivity contribution in [3.05, 3.63) is 23.9 Å². The van der Waals surface area contributed by atoms with E-state index in [1.54, 1.807) is 0 Å². The maximum absolute atomic E-state index is 5.53. The van der Waals surface area contributed by atoms with Gasteiger partial charge in [0.2, 0.25) is 0 Å².